The summed E-state index contributed by atoms with van der Waals surface area (Å²) in [7, 11) is 1.09. The van der Waals surface area contributed by atoms with Crippen molar-refractivity contribution < 1.29 is 23.8 Å². The lowest BCUT2D eigenvalue weighted by molar-refractivity contribution is -0.259. The number of allylic oxidation sites excluding steroid dienone is 5. The Morgan fingerprint density at radius 2 is 1.97 bits per heavy atom. The lowest BCUT2D eigenvalue weighted by atomic mass is 9.99. The Kier molecular flexibility index (Phi) is 15.1. The molecule has 1 aliphatic rings. The molecule has 0 amide bonds. The van der Waals surface area contributed by atoms with Crippen molar-refractivity contribution in [3.63, 3.8) is 0 Å². The van der Waals surface area contributed by atoms with Crippen molar-refractivity contribution in [3.05, 3.63) is 71.8 Å². The number of carbonyl (C=O) groups excluding carboxylic acids is 2. The molecule has 5 nitrogen and oxygen atoms in total. The van der Waals surface area contributed by atoms with Gasteiger partial charge in [-0.3, -0.25) is 4.79 Å². The van der Waals surface area contributed by atoms with Crippen LogP contribution in [0.25, 0.3) is 0 Å². The third-order valence-corrected chi connectivity index (χ3v) is 9.88. The van der Waals surface area contributed by atoms with Crippen molar-refractivity contribution in [1.29, 1.82) is 0 Å². The summed E-state index contributed by atoms with van der Waals surface area (Å²) >= 11 is 1.25. The highest BCUT2D eigenvalue weighted by molar-refractivity contribution is 8.12. The maximum Gasteiger partial charge on any atom is 0.330 e. The quantitative estimate of drug-likeness (QED) is 0.0713. The molecule has 1 saturated heterocycles. The van der Waals surface area contributed by atoms with Gasteiger partial charge in [-0.05, 0) is 44.6 Å². The molecule has 1 aromatic rings. The zero-order valence-corrected chi connectivity index (χ0v) is 24.5. The van der Waals surface area contributed by atoms with E-state index in [0.717, 1.165) is 43.0 Å². The maximum atomic E-state index is 12.7. The van der Waals surface area contributed by atoms with E-state index >= 15 is 0 Å². The molecule has 7 heteroatoms. The highest BCUT2D eigenvalue weighted by Crippen LogP contribution is 2.51. The van der Waals surface area contributed by atoms with Gasteiger partial charge in [-0.25, -0.2) is 4.79 Å². The normalized spacial score (nSPS) is 22.3. The van der Waals surface area contributed by atoms with Gasteiger partial charge in [-0.2, -0.15) is 0 Å². The first-order chi connectivity index (χ1) is 17.9. The predicted molar refractivity (Wildman–Crippen MR) is 157 cm³/mol. The van der Waals surface area contributed by atoms with Crippen LogP contribution in [0.15, 0.2) is 66.3 Å². The Labute approximate surface area is 228 Å². The molecule has 1 aromatic carbocycles. The van der Waals surface area contributed by atoms with Gasteiger partial charge in [-0.1, -0.05) is 93.2 Å². The van der Waals surface area contributed by atoms with Gasteiger partial charge >= 0.3 is 5.97 Å². The zero-order valence-electron chi connectivity index (χ0n) is 22.8. The first kappa shape index (κ1) is 31.5. The van der Waals surface area contributed by atoms with Crippen LogP contribution in [0.5, 0.6) is 0 Å². The number of methoxy groups -OCH3 is 1. The summed E-state index contributed by atoms with van der Waals surface area (Å²) in [6.07, 6.45) is 15.7. The zero-order chi connectivity index (χ0) is 26.9. The summed E-state index contributed by atoms with van der Waals surface area (Å²) in [6.45, 7) is 6.81. The molecule has 1 heterocycles. The summed E-state index contributed by atoms with van der Waals surface area (Å²) in [5.74, 6) is -0.598. The molecule has 0 aliphatic carbocycles. The van der Waals surface area contributed by atoms with E-state index in [1.165, 1.54) is 17.3 Å². The number of thioether (sulfide) groups is 1. The summed E-state index contributed by atoms with van der Waals surface area (Å²) < 4.78 is 18.2. The Morgan fingerprint density at radius 1 is 1.24 bits per heavy atom. The molecule has 0 radical (unpaired) electrons. The molecule has 0 spiro atoms. The minimum Gasteiger partial charge on any atom is -0.459 e. The molecule has 0 bridgehead atoms. The van der Waals surface area contributed by atoms with Crippen LogP contribution in [0.3, 0.4) is 0 Å². The molecular weight excluding hydrogens is 503 g/mol. The van der Waals surface area contributed by atoms with E-state index in [9.17, 15) is 9.59 Å². The summed E-state index contributed by atoms with van der Waals surface area (Å²) in [4.78, 5) is 23.9. The third kappa shape index (κ3) is 11.3. The van der Waals surface area contributed by atoms with Crippen molar-refractivity contribution in [2.45, 2.75) is 76.1 Å². The Balaban J connectivity index is 2.01. The van der Waals surface area contributed by atoms with Gasteiger partial charge in [0.2, 0.25) is 0 Å². The van der Waals surface area contributed by atoms with E-state index in [1.54, 1.807) is 13.2 Å². The molecular formula is C30H43O5PS. The standard InChI is InChI=1S/C30H43O5PS/c1-5-6-7-8-9-10-12-15-25(2)20-29(32)35-27-18-19-34-30(21-27,33-3)28(23-37-24-31)36(4)22-26-16-13-11-14-17-26/h7-11,13-14,16-17,20,24,27-28H,5-6,12,15,18-19,21-23H2,1-4H3/b8-7+,10-9+,25-20-. The second-order valence-electron chi connectivity index (χ2n) is 9.44. The highest BCUT2D eigenvalue weighted by atomic mass is 32.2. The molecule has 0 aromatic heterocycles. The molecule has 204 valence electrons. The van der Waals surface area contributed by atoms with Crippen LogP contribution in [0, 0.1) is 0 Å². The van der Waals surface area contributed by atoms with Gasteiger partial charge in [0.15, 0.2) is 11.4 Å². The molecule has 4 unspecified atom stereocenters. The Bertz CT molecular complexity index is 900. The van der Waals surface area contributed by atoms with Crippen LogP contribution in [-0.4, -0.2) is 55.3 Å². The van der Waals surface area contributed by atoms with Gasteiger partial charge in [0.1, 0.15) is 6.10 Å². The minimum atomic E-state index is -0.886. The van der Waals surface area contributed by atoms with E-state index in [2.05, 4.69) is 50.0 Å². The van der Waals surface area contributed by atoms with Crippen molar-refractivity contribution in [1.82, 2.24) is 0 Å². The van der Waals surface area contributed by atoms with E-state index in [1.807, 2.05) is 25.1 Å². The summed E-state index contributed by atoms with van der Waals surface area (Å²) in [6, 6.07) is 10.4. The number of carbonyl (C=O) groups is 2. The van der Waals surface area contributed by atoms with Crippen molar-refractivity contribution in [3.8, 4) is 0 Å². The molecule has 4 atom stereocenters. The minimum absolute atomic E-state index is 0.0137. The summed E-state index contributed by atoms with van der Waals surface area (Å²) in [5.41, 5.74) is 3.15. The number of hydrogen-bond donors (Lipinski definition) is 0. The van der Waals surface area contributed by atoms with E-state index in [4.69, 9.17) is 14.2 Å². The Hall–Kier alpha value is -1.72. The average Bonchev–Trinajstić information content (AvgIpc) is 2.89. The van der Waals surface area contributed by atoms with Crippen molar-refractivity contribution in [2.24, 2.45) is 0 Å². The fourth-order valence-electron chi connectivity index (χ4n) is 4.45. The van der Waals surface area contributed by atoms with Crippen LogP contribution >= 0.6 is 19.7 Å². The molecule has 37 heavy (non-hydrogen) atoms. The maximum absolute atomic E-state index is 12.7. The smallest absolute Gasteiger partial charge is 0.330 e. The Morgan fingerprint density at radius 3 is 2.65 bits per heavy atom. The van der Waals surface area contributed by atoms with Crippen molar-refractivity contribution >= 4 is 31.3 Å². The monoisotopic (exact) mass is 546 g/mol. The van der Waals surface area contributed by atoms with E-state index in [0.29, 0.717) is 25.2 Å². The van der Waals surface area contributed by atoms with Crippen LogP contribution in [0.2, 0.25) is 0 Å². The highest BCUT2D eigenvalue weighted by Gasteiger charge is 2.47. The van der Waals surface area contributed by atoms with Crippen LogP contribution < -0.4 is 0 Å². The third-order valence-electron chi connectivity index (χ3n) is 6.47. The van der Waals surface area contributed by atoms with Gasteiger partial charge in [0.25, 0.3) is 0 Å². The topological polar surface area (TPSA) is 61.8 Å². The first-order valence-electron chi connectivity index (χ1n) is 13.1. The van der Waals surface area contributed by atoms with E-state index in [-0.39, 0.29) is 17.7 Å². The second kappa shape index (κ2) is 17.7. The number of ether oxygens (including phenoxy) is 3. The second-order valence-corrected chi connectivity index (χ2v) is 12.7. The predicted octanol–water partition coefficient (Wildman–Crippen LogP) is 7.29. The van der Waals surface area contributed by atoms with Crippen LogP contribution in [0.1, 0.15) is 57.9 Å². The average molecular weight is 547 g/mol. The number of hydrogen-bond acceptors (Lipinski definition) is 6. The largest absolute Gasteiger partial charge is 0.459 e. The van der Waals surface area contributed by atoms with Gasteiger partial charge in [0, 0.05) is 37.4 Å². The molecule has 1 fully saturated rings. The number of rotatable bonds is 16. The van der Waals surface area contributed by atoms with Crippen molar-refractivity contribution in [2.75, 3.05) is 26.1 Å². The lowest BCUT2D eigenvalue weighted by Gasteiger charge is -2.46. The lowest BCUT2D eigenvalue weighted by Crippen LogP contribution is -2.53. The van der Waals surface area contributed by atoms with Crippen LogP contribution in [-0.2, 0) is 30.0 Å². The number of benzene rings is 1. The molecule has 2 rings (SSSR count). The van der Waals surface area contributed by atoms with Gasteiger partial charge in [-0.15, -0.1) is 0 Å². The van der Waals surface area contributed by atoms with Crippen LogP contribution in [0.4, 0.5) is 0 Å². The SMILES string of the molecule is CCC/C=C/C=C/CC/C(C)=C\C(=O)OC1CCOC(OC)(C(CSC=O)P(C)Cc2ccccc2)C1. The number of unbranched alkanes of at least 4 members (excludes halogenated alkanes) is 1. The summed E-state index contributed by atoms with van der Waals surface area (Å²) in [5, 5.41) is 0. The van der Waals surface area contributed by atoms with E-state index < -0.39 is 13.7 Å². The first-order valence-corrected chi connectivity index (χ1v) is 16.2. The fourth-order valence-corrected chi connectivity index (χ4v) is 8.21. The fraction of sp³-hybridized carbons (Fsp3) is 0.533. The van der Waals surface area contributed by atoms with Gasteiger partial charge in [0.05, 0.1) is 6.61 Å². The molecule has 1 aliphatic heterocycles. The van der Waals surface area contributed by atoms with Gasteiger partial charge < -0.3 is 14.2 Å². The molecule has 0 N–H and O–H groups in total. The number of esters is 1. The molecule has 0 saturated carbocycles.